The van der Waals surface area contributed by atoms with E-state index in [9.17, 15) is 14.4 Å². The fourth-order valence-corrected chi connectivity index (χ4v) is 3.60. The molecule has 0 aromatic heterocycles. The smallest absolute Gasteiger partial charge is 0.305 e. The lowest BCUT2D eigenvalue weighted by molar-refractivity contribution is -0.139. The molecule has 1 heterocycles. The van der Waals surface area contributed by atoms with Crippen LogP contribution in [0.25, 0.3) is 0 Å². The Morgan fingerprint density at radius 1 is 1.30 bits per heavy atom. The third-order valence-corrected chi connectivity index (χ3v) is 4.75. The Hall–Kier alpha value is -2.02. The van der Waals surface area contributed by atoms with E-state index in [1.54, 1.807) is 29.2 Å². The lowest BCUT2D eigenvalue weighted by atomic mass is 10.1. The van der Waals surface area contributed by atoms with Crippen LogP contribution in [0.5, 0.6) is 0 Å². The third-order valence-electron chi connectivity index (χ3n) is 3.74. The van der Waals surface area contributed by atoms with Crippen molar-refractivity contribution in [3.8, 4) is 0 Å². The minimum Gasteiger partial charge on any atom is -0.481 e. The Morgan fingerprint density at radius 3 is 2.61 bits per heavy atom. The molecule has 1 aromatic carbocycles. The van der Waals surface area contributed by atoms with Gasteiger partial charge in [-0.15, -0.1) is 11.8 Å². The first-order chi connectivity index (χ1) is 11.0. The molecular weight excluding hydrogens is 316 g/mol. The molecule has 1 aliphatic heterocycles. The number of hydrogen-bond donors (Lipinski definition) is 1. The summed E-state index contributed by atoms with van der Waals surface area (Å²) in [5, 5.41) is 8.79. The minimum absolute atomic E-state index is 0.0912. The van der Waals surface area contributed by atoms with Gasteiger partial charge in [-0.1, -0.05) is 18.2 Å². The zero-order valence-electron chi connectivity index (χ0n) is 13.0. The zero-order valence-corrected chi connectivity index (χ0v) is 13.8. The van der Waals surface area contributed by atoms with Crippen molar-refractivity contribution in [3.05, 3.63) is 35.9 Å². The van der Waals surface area contributed by atoms with E-state index >= 15 is 0 Å². The van der Waals surface area contributed by atoms with Crippen molar-refractivity contribution >= 4 is 29.5 Å². The second kappa shape index (κ2) is 8.01. The van der Waals surface area contributed by atoms with E-state index in [0.717, 1.165) is 0 Å². The number of amides is 2. The average molecular weight is 336 g/mol. The molecule has 23 heavy (non-hydrogen) atoms. The number of rotatable bonds is 6. The van der Waals surface area contributed by atoms with Crippen LogP contribution in [0.1, 0.15) is 23.7 Å². The molecule has 0 aliphatic carbocycles. The molecule has 1 unspecified atom stereocenters. The van der Waals surface area contributed by atoms with Gasteiger partial charge < -0.3 is 14.9 Å². The molecule has 124 valence electrons. The van der Waals surface area contributed by atoms with Crippen molar-refractivity contribution in [2.75, 3.05) is 24.7 Å². The lowest BCUT2D eigenvalue weighted by Gasteiger charge is -2.29. The van der Waals surface area contributed by atoms with E-state index in [2.05, 4.69) is 0 Å². The van der Waals surface area contributed by atoms with Crippen LogP contribution in [-0.2, 0) is 9.59 Å². The van der Waals surface area contributed by atoms with Crippen molar-refractivity contribution in [1.29, 1.82) is 0 Å². The van der Waals surface area contributed by atoms with Gasteiger partial charge in [0.1, 0.15) is 6.04 Å². The number of carboxylic acids is 1. The predicted molar refractivity (Wildman–Crippen MR) is 88.2 cm³/mol. The van der Waals surface area contributed by atoms with Crippen LogP contribution in [0.2, 0.25) is 0 Å². The minimum atomic E-state index is -0.936. The fraction of sp³-hybridized carbons (Fsp3) is 0.438. The van der Waals surface area contributed by atoms with Gasteiger partial charge in [-0.25, -0.2) is 0 Å². The molecule has 2 rings (SSSR count). The topological polar surface area (TPSA) is 77.9 Å². The first-order valence-electron chi connectivity index (χ1n) is 7.49. The maximum absolute atomic E-state index is 12.7. The molecule has 2 amide bonds. The van der Waals surface area contributed by atoms with Crippen LogP contribution in [0.3, 0.4) is 0 Å². The lowest BCUT2D eigenvalue weighted by Crippen LogP contribution is -2.49. The first-order valence-corrected chi connectivity index (χ1v) is 8.64. The molecule has 1 N–H and O–H groups in total. The highest BCUT2D eigenvalue weighted by atomic mass is 32.2. The molecule has 0 bridgehead atoms. The maximum Gasteiger partial charge on any atom is 0.305 e. The van der Waals surface area contributed by atoms with Gasteiger partial charge in [0, 0.05) is 24.4 Å². The zero-order chi connectivity index (χ0) is 16.8. The summed E-state index contributed by atoms with van der Waals surface area (Å²) in [5.74, 6) is -0.262. The molecule has 1 atom stereocenters. The molecule has 0 saturated carbocycles. The fourth-order valence-electron chi connectivity index (χ4n) is 2.46. The molecule has 0 radical (unpaired) electrons. The van der Waals surface area contributed by atoms with Crippen molar-refractivity contribution in [2.45, 2.75) is 19.4 Å². The number of aliphatic carboxylic acids is 1. The normalized spacial score (nSPS) is 17.1. The molecule has 1 aromatic rings. The number of likely N-dealkylation sites (N-methyl/N-ethyl adjacent to an activating group) is 1. The molecule has 1 saturated heterocycles. The number of carboxylic acid groups (broad SMARTS) is 1. The molecule has 7 heteroatoms. The van der Waals surface area contributed by atoms with Gasteiger partial charge in [-0.3, -0.25) is 14.4 Å². The van der Waals surface area contributed by atoms with E-state index < -0.39 is 12.0 Å². The number of hydrogen-bond acceptors (Lipinski definition) is 4. The van der Waals surface area contributed by atoms with Gasteiger partial charge >= 0.3 is 5.97 Å². The highest BCUT2D eigenvalue weighted by Gasteiger charge is 2.37. The van der Waals surface area contributed by atoms with Gasteiger partial charge in [0.15, 0.2) is 0 Å². The second-order valence-electron chi connectivity index (χ2n) is 5.22. The highest BCUT2D eigenvalue weighted by Crippen LogP contribution is 2.24. The van der Waals surface area contributed by atoms with Crippen LogP contribution in [0, 0.1) is 0 Å². The van der Waals surface area contributed by atoms with Gasteiger partial charge in [-0.2, -0.15) is 0 Å². The summed E-state index contributed by atoms with van der Waals surface area (Å²) in [7, 11) is 0. The van der Waals surface area contributed by atoms with Crippen molar-refractivity contribution in [2.24, 2.45) is 0 Å². The largest absolute Gasteiger partial charge is 0.481 e. The summed E-state index contributed by atoms with van der Waals surface area (Å²) >= 11 is 1.54. The SMILES string of the molecule is CCN(CCC(=O)O)C(=O)C1CSCN1C(=O)c1ccccc1. The molecule has 6 nitrogen and oxygen atoms in total. The first kappa shape index (κ1) is 17.3. The van der Waals surface area contributed by atoms with E-state index in [1.807, 2.05) is 13.0 Å². The molecule has 0 spiro atoms. The van der Waals surface area contributed by atoms with Crippen LogP contribution < -0.4 is 0 Å². The number of benzene rings is 1. The number of carbonyl (C=O) groups excluding carboxylic acids is 2. The van der Waals surface area contributed by atoms with Crippen LogP contribution in [-0.4, -0.2) is 63.5 Å². The van der Waals surface area contributed by atoms with E-state index in [1.165, 1.54) is 16.7 Å². The van der Waals surface area contributed by atoms with E-state index in [-0.39, 0.29) is 24.8 Å². The van der Waals surface area contributed by atoms with Crippen molar-refractivity contribution < 1.29 is 19.5 Å². The highest BCUT2D eigenvalue weighted by molar-refractivity contribution is 7.99. The predicted octanol–water partition coefficient (Wildman–Crippen LogP) is 1.52. The maximum atomic E-state index is 12.7. The Kier molecular flexibility index (Phi) is 6.04. The third kappa shape index (κ3) is 4.25. The number of nitrogens with zero attached hydrogens (tertiary/aromatic N) is 2. The summed E-state index contributed by atoms with van der Waals surface area (Å²) in [6.07, 6.45) is -0.0912. The van der Waals surface area contributed by atoms with Crippen molar-refractivity contribution in [3.63, 3.8) is 0 Å². The van der Waals surface area contributed by atoms with E-state index in [4.69, 9.17) is 5.11 Å². The summed E-state index contributed by atoms with van der Waals surface area (Å²) < 4.78 is 0. The Morgan fingerprint density at radius 2 is 2.00 bits per heavy atom. The van der Waals surface area contributed by atoms with Crippen LogP contribution in [0.4, 0.5) is 0 Å². The van der Waals surface area contributed by atoms with Crippen LogP contribution in [0.15, 0.2) is 30.3 Å². The number of carbonyl (C=O) groups is 3. The summed E-state index contributed by atoms with van der Waals surface area (Å²) in [4.78, 5) is 39.0. The van der Waals surface area contributed by atoms with E-state index in [0.29, 0.717) is 23.7 Å². The quantitative estimate of drug-likeness (QED) is 0.852. The molecular formula is C16H20N2O4S. The van der Waals surface area contributed by atoms with Gasteiger partial charge in [0.2, 0.25) is 5.91 Å². The standard InChI is InChI=1S/C16H20N2O4S/c1-2-17(9-8-14(19)20)16(22)13-10-23-11-18(13)15(21)12-6-4-3-5-7-12/h3-7,13H,2,8-11H2,1H3,(H,19,20). The summed E-state index contributed by atoms with van der Waals surface area (Å²) in [6.45, 7) is 2.41. The molecule has 1 aliphatic rings. The second-order valence-corrected chi connectivity index (χ2v) is 6.22. The number of thioether (sulfide) groups is 1. The van der Waals surface area contributed by atoms with Gasteiger partial charge in [0.25, 0.3) is 5.91 Å². The Balaban J connectivity index is 2.09. The van der Waals surface area contributed by atoms with Gasteiger partial charge in [0.05, 0.1) is 12.3 Å². The molecule has 1 fully saturated rings. The average Bonchev–Trinajstić information content (AvgIpc) is 3.04. The van der Waals surface area contributed by atoms with Gasteiger partial charge in [-0.05, 0) is 19.1 Å². The monoisotopic (exact) mass is 336 g/mol. The Bertz CT molecular complexity index is 579. The Labute approximate surface area is 139 Å². The van der Waals surface area contributed by atoms with Crippen LogP contribution >= 0.6 is 11.8 Å². The summed E-state index contributed by atoms with van der Waals surface area (Å²) in [6, 6.07) is 8.35. The van der Waals surface area contributed by atoms with Crippen molar-refractivity contribution in [1.82, 2.24) is 9.80 Å². The summed E-state index contributed by atoms with van der Waals surface area (Å²) in [5.41, 5.74) is 0.557.